The van der Waals surface area contributed by atoms with Crippen molar-refractivity contribution in [3.05, 3.63) is 0 Å². The van der Waals surface area contributed by atoms with Crippen LogP contribution in [0, 0.1) is 0 Å². The molecular weight excluding hydrogens is 160 g/mol. The molecule has 11 heavy (non-hydrogen) atoms. The molecule has 0 aliphatic carbocycles. The van der Waals surface area contributed by atoms with Crippen LogP contribution in [0.5, 0.6) is 0 Å². The lowest BCUT2D eigenvalue weighted by molar-refractivity contribution is -0.123. The molecule has 1 heterocycles. The Balaban J connectivity index is 2.73. The molecule has 1 fully saturated rings. The molecule has 1 amide bonds. The third-order valence-electron chi connectivity index (χ3n) is 1.84. The Morgan fingerprint density at radius 2 is 2.09 bits per heavy atom. The molecular formula is C7H14N2OS. The summed E-state index contributed by atoms with van der Waals surface area (Å²) in [6, 6.07) is 0. The molecule has 0 saturated carbocycles. The molecule has 0 aromatic carbocycles. The molecule has 3 nitrogen and oxygen atoms in total. The third kappa shape index (κ3) is 1.68. The van der Waals surface area contributed by atoms with Crippen LogP contribution in [0.4, 0.5) is 0 Å². The summed E-state index contributed by atoms with van der Waals surface area (Å²) in [4.78, 5) is 10.9. The second kappa shape index (κ2) is 2.38. The second-order valence-corrected chi connectivity index (χ2v) is 5.22. The average molecular weight is 174 g/mol. The Bertz CT molecular complexity index is 193. The number of carbonyl (C=O) groups is 1. The van der Waals surface area contributed by atoms with Gasteiger partial charge in [0.2, 0.25) is 5.91 Å². The van der Waals surface area contributed by atoms with Crippen LogP contribution in [0.15, 0.2) is 0 Å². The lowest BCUT2D eigenvalue weighted by Crippen LogP contribution is -2.54. The zero-order valence-corrected chi connectivity index (χ0v) is 7.92. The van der Waals surface area contributed by atoms with Gasteiger partial charge in [-0.05, 0) is 20.8 Å². The van der Waals surface area contributed by atoms with Gasteiger partial charge in [-0.3, -0.25) is 10.1 Å². The number of primary amides is 1. The summed E-state index contributed by atoms with van der Waals surface area (Å²) < 4.78 is 0. The molecule has 1 aliphatic rings. The van der Waals surface area contributed by atoms with E-state index in [2.05, 4.69) is 5.32 Å². The average Bonchev–Trinajstić information content (AvgIpc) is 2.08. The number of thioether (sulfide) groups is 1. The molecule has 1 unspecified atom stereocenters. The molecule has 1 saturated heterocycles. The lowest BCUT2D eigenvalue weighted by Gasteiger charge is -2.24. The highest BCUT2D eigenvalue weighted by Gasteiger charge is 2.43. The minimum absolute atomic E-state index is 0.0240. The van der Waals surface area contributed by atoms with Crippen LogP contribution >= 0.6 is 11.8 Å². The monoisotopic (exact) mass is 174 g/mol. The standard InChI is InChI=1S/C7H14N2OS/c1-6(2)9-7(3,4-11-6)5(8)10/h9H,4H2,1-3H3,(H2,8,10). The molecule has 0 bridgehead atoms. The van der Waals surface area contributed by atoms with Gasteiger partial charge in [0.05, 0.1) is 4.87 Å². The van der Waals surface area contributed by atoms with Crippen molar-refractivity contribution in [3.63, 3.8) is 0 Å². The van der Waals surface area contributed by atoms with Crippen molar-refractivity contribution in [2.45, 2.75) is 31.2 Å². The zero-order valence-electron chi connectivity index (χ0n) is 7.10. The lowest BCUT2D eigenvalue weighted by atomic mass is 10.0. The van der Waals surface area contributed by atoms with E-state index in [0.717, 1.165) is 5.75 Å². The van der Waals surface area contributed by atoms with Crippen LogP contribution < -0.4 is 11.1 Å². The van der Waals surface area contributed by atoms with Crippen LogP contribution in [0.1, 0.15) is 20.8 Å². The number of hydrogen-bond donors (Lipinski definition) is 2. The molecule has 0 spiro atoms. The van der Waals surface area contributed by atoms with E-state index in [9.17, 15) is 4.79 Å². The smallest absolute Gasteiger partial charge is 0.238 e. The minimum Gasteiger partial charge on any atom is -0.368 e. The molecule has 64 valence electrons. The number of rotatable bonds is 1. The maximum Gasteiger partial charge on any atom is 0.238 e. The van der Waals surface area contributed by atoms with Gasteiger partial charge in [-0.1, -0.05) is 0 Å². The SMILES string of the molecule is CC1(C)NC(C)(C(N)=O)CS1. The molecule has 1 aliphatic heterocycles. The number of nitrogens with one attached hydrogen (secondary N) is 1. The molecule has 0 aromatic heterocycles. The van der Waals surface area contributed by atoms with Crippen molar-refractivity contribution in [1.82, 2.24) is 5.32 Å². The molecule has 0 radical (unpaired) electrons. The van der Waals surface area contributed by atoms with Gasteiger partial charge in [-0.15, -0.1) is 11.8 Å². The molecule has 4 heteroatoms. The van der Waals surface area contributed by atoms with E-state index in [1.54, 1.807) is 11.8 Å². The van der Waals surface area contributed by atoms with Gasteiger partial charge < -0.3 is 5.73 Å². The van der Waals surface area contributed by atoms with E-state index in [4.69, 9.17) is 5.73 Å². The molecule has 1 rings (SSSR count). The van der Waals surface area contributed by atoms with Gasteiger partial charge in [0.1, 0.15) is 5.54 Å². The van der Waals surface area contributed by atoms with E-state index in [1.165, 1.54) is 0 Å². The van der Waals surface area contributed by atoms with Crippen LogP contribution in [0.3, 0.4) is 0 Å². The maximum atomic E-state index is 11.0. The topological polar surface area (TPSA) is 55.1 Å². The number of amides is 1. The van der Waals surface area contributed by atoms with E-state index < -0.39 is 5.54 Å². The Kier molecular flexibility index (Phi) is 1.92. The van der Waals surface area contributed by atoms with Crippen molar-refractivity contribution < 1.29 is 4.79 Å². The number of hydrogen-bond acceptors (Lipinski definition) is 3. The Morgan fingerprint density at radius 3 is 2.27 bits per heavy atom. The quantitative estimate of drug-likeness (QED) is 0.601. The summed E-state index contributed by atoms with van der Waals surface area (Å²) >= 11 is 1.72. The summed E-state index contributed by atoms with van der Waals surface area (Å²) in [6.45, 7) is 5.94. The van der Waals surface area contributed by atoms with Crippen molar-refractivity contribution in [3.8, 4) is 0 Å². The van der Waals surface area contributed by atoms with Crippen molar-refractivity contribution in [2.75, 3.05) is 5.75 Å². The first kappa shape index (κ1) is 8.87. The van der Waals surface area contributed by atoms with Gasteiger partial charge in [-0.25, -0.2) is 0 Å². The molecule has 1 atom stereocenters. The minimum atomic E-state index is -0.520. The largest absolute Gasteiger partial charge is 0.368 e. The first-order valence-electron chi connectivity index (χ1n) is 3.59. The normalized spacial score (nSPS) is 35.5. The predicted molar refractivity (Wildman–Crippen MR) is 47.3 cm³/mol. The van der Waals surface area contributed by atoms with Gasteiger partial charge in [0, 0.05) is 5.75 Å². The highest BCUT2D eigenvalue weighted by Crippen LogP contribution is 2.34. The van der Waals surface area contributed by atoms with Crippen LogP contribution in [0.25, 0.3) is 0 Å². The highest BCUT2D eigenvalue weighted by atomic mass is 32.2. The zero-order chi connectivity index (χ0) is 8.70. The van der Waals surface area contributed by atoms with Gasteiger partial charge in [0.25, 0.3) is 0 Å². The summed E-state index contributed by atoms with van der Waals surface area (Å²) in [5.74, 6) is 0.491. The van der Waals surface area contributed by atoms with Gasteiger partial charge in [0.15, 0.2) is 0 Å². The van der Waals surface area contributed by atoms with E-state index in [0.29, 0.717) is 0 Å². The Morgan fingerprint density at radius 1 is 1.55 bits per heavy atom. The fourth-order valence-corrected chi connectivity index (χ4v) is 2.36. The fraction of sp³-hybridized carbons (Fsp3) is 0.857. The van der Waals surface area contributed by atoms with Crippen LogP contribution in [-0.4, -0.2) is 22.1 Å². The first-order valence-corrected chi connectivity index (χ1v) is 4.57. The fourth-order valence-electron chi connectivity index (χ4n) is 1.19. The third-order valence-corrected chi connectivity index (χ3v) is 3.39. The first-order chi connectivity index (χ1) is 4.86. The van der Waals surface area contributed by atoms with E-state index in [-0.39, 0.29) is 10.8 Å². The van der Waals surface area contributed by atoms with Crippen LogP contribution in [-0.2, 0) is 4.79 Å². The van der Waals surface area contributed by atoms with Crippen molar-refractivity contribution >= 4 is 17.7 Å². The summed E-state index contributed by atoms with van der Waals surface area (Å²) in [7, 11) is 0. The van der Waals surface area contributed by atoms with Crippen molar-refractivity contribution in [1.29, 1.82) is 0 Å². The second-order valence-electron chi connectivity index (χ2n) is 3.62. The van der Waals surface area contributed by atoms with Crippen molar-refractivity contribution in [2.24, 2.45) is 5.73 Å². The van der Waals surface area contributed by atoms with E-state index in [1.807, 2.05) is 20.8 Å². The van der Waals surface area contributed by atoms with Gasteiger partial charge in [-0.2, -0.15) is 0 Å². The Hall–Kier alpha value is -0.220. The predicted octanol–water partition coefficient (Wildman–Crippen LogP) is 0.303. The maximum absolute atomic E-state index is 11.0. The van der Waals surface area contributed by atoms with Gasteiger partial charge >= 0.3 is 0 Å². The number of nitrogens with two attached hydrogens (primary N) is 1. The molecule has 3 N–H and O–H groups in total. The summed E-state index contributed by atoms with van der Waals surface area (Å²) in [6.07, 6.45) is 0. The molecule has 0 aromatic rings. The Labute approximate surface area is 71.1 Å². The summed E-state index contributed by atoms with van der Waals surface area (Å²) in [5, 5.41) is 3.19. The van der Waals surface area contributed by atoms with Crippen LogP contribution in [0.2, 0.25) is 0 Å². The van der Waals surface area contributed by atoms with E-state index >= 15 is 0 Å². The summed E-state index contributed by atoms with van der Waals surface area (Å²) in [5.41, 5.74) is 4.72. The number of carbonyl (C=O) groups excluding carboxylic acids is 1. The highest BCUT2D eigenvalue weighted by molar-refractivity contribution is 8.00.